The summed E-state index contributed by atoms with van der Waals surface area (Å²) in [6.07, 6.45) is 0.916. The summed E-state index contributed by atoms with van der Waals surface area (Å²) in [5.41, 5.74) is 12.2. The fraction of sp³-hybridized carbons (Fsp3) is 0.600. The number of aliphatic imine (C=N–C) groups is 1. The van der Waals surface area contributed by atoms with Gasteiger partial charge in [0.2, 0.25) is 11.9 Å². The number of nitrogens with zero attached hydrogens (tertiary/aromatic N) is 1. The molecule has 0 saturated heterocycles. The van der Waals surface area contributed by atoms with Crippen molar-refractivity contribution in [1.29, 1.82) is 0 Å². The number of guanidine groups is 1. The Kier molecular flexibility index (Phi) is 4.83. The molecule has 0 aliphatic carbocycles. The molecule has 0 aliphatic heterocycles. The number of carbonyl (C=O) groups excluding carboxylic acids is 1. The highest BCUT2D eigenvalue weighted by Crippen LogP contribution is 1.86. The Hall–Kier alpha value is -1.30. The van der Waals surface area contributed by atoms with Crippen LogP contribution in [0.15, 0.2) is 4.99 Å². The second-order valence-corrected chi connectivity index (χ2v) is 1.98. The number of hydrogen-bond donors (Lipinski definition) is 4. The van der Waals surface area contributed by atoms with Crippen molar-refractivity contribution in [1.82, 2.24) is 5.43 Å². The molecule has 0 aromatic carbocycles. The lowest BCUT2D eigenvalue weighted by atomic mass is 10.3. The maximum Gasteiger partial charge on any atom is 0.217 e. The molecule has 0 radical (unpaired) electrons. The Balaban J connectivity index is 3.33. The zero-order chi connectivity index (χ0) is 8.69. The molecule has 0 aromatic rings. The number of nitrogens with two attached hydrogens (primary N) is 3. The maximum absolute atomic E-state index is 10.2. The Morgan fingerprint density at radius 3 is 2.55 bits per heavy atom. The van der Waals surface area contributed by atoms with Gasteiger partial charge in [-0.25, -0.2) is 5.84 Å². The number of primary amides is 1. The fourth-order valence-corrected chi connectivity index (χ4v) is 0.498. The van der Waals surface area contributed by atoms with Gasteiger partial charge in [-0.15, -0.1) is 0 Å². The van der Waals surface area contributed by atoms with E-state index in [-0.39, 0.29) is 11.9 Å². The smallest absolute Gasteiger partial charge is 0.217 e. The van der Waals surface area contributed by atoms with Crippen molar-refractivity contribution in [3.63, 3.8) is 0 Å². The number of carbonyl (C=O) groups is 1. The van der Waals surface area contributed by atoms with E-state index in [0.717, 1.165) is 0 Å². The van der Waals surface area contributed by atoms with Gasteiger partial charge in [-0.2, -0.15) is 0 Å². The van der Waals surface area contributed by atoms with E-state index in [0.29, 0.717) is 19.4 Å². The lowest BCUT2D eigenvalue weighted by Crippen LogP contribution is -2.37. The Labute approximate surface area is 64.8 Å². The molecule has 64 valence electrons. The minimum Gasteiger partial charge on any atom is -0.370 e. The summed E-state index contributed by atoms with van der Waals surface area (Å²) < 4.78 is 0. The van der Waals surface area contributed by atoms with Crippen LogP contribution in [0, 0.1) is 0 Å². The average Bonchev–Trinajstić information content (AvgIpc) is 1.97. The lowest BCUT2D eigenvalue weighted by Gasteiger charge is -1.96. The van der Waals surface area contributed by atoms with Gasteiger partial charge >= 0.3 is 0 Å². The van der Waals surface area contributed by atoms with Gasteiger partial charge in [0, 0.05) is 13.0 Å². The van der Waals surface area contributed by atoms with Crippen molar-refractivity contribution in [2.24, 2.45) is 22.3 Å². The van der Waals surface area contributed by atoms with Crippen LogP contribution in [-0.2, 0) is 4.79 Å². The lowest BCUT2D eigenvalue weighted by molar-refractivity contribution is -0.118. The molecule has 0 aliphatic rings. The first-order valence-corrected chi connectivity index (χ1v) is 3.21. The summed E-state index contributed by atoms with van der Waals surface area (Å²) >= 11 is 0. The van der Waals surface area contributed by atoms with E-state index in [4.69, 9.17) is 17.3 Å². The third-order valence-electron chi connectivity index (χ3n) is 1.01. The summed E-state index contributed by atoms with van der Waals surface area (Å²) in [4.78, 5) is 14.0. The Morgan fingerprint density at radius 2 is 2.09 bits per heavy atom. The molecule has 0 aromatic heterocycles. The molecule has 0 atom stereocenters. The van der Waals surface area contributed by atoms with Gasteiger partial charge in [-0.3, -0.25) is 15.2 Å². The van der Waals surface area contributed by atoms with Crippen LogP contribution in [0.25, 0.3) is 0 Å². The van der Waals surface area contributed by atoms with E-state index >= 15 is 0 Å². The van der Waals surface area contributed by atoms with Gasteiger partial charge in [0.25, 0.3) is 0 Å². The largest absolute Gasteiger partial charge is 0.370 e. The monoisotopic (exact) mass is 159 g/mol. The topological polar surface area (TPSA) is 120 Å². The first-order valence-electron chi connectivity index (χ1n) is 3.21. The quantitative estimate of drug-likeness (QED) is 0.125. The van der Waals surface area contributed by atoms with Crippen molar-refractivity contribution in [3.05, 3.63) is 0 Å². The average molecular weight is 159 g/mol. The minimum atomic E-state index is -0.334. The SMILES string of the molecule is NNC(N)=NCCCC(N)=O. The highest BCUT2D eigenvalue weighted by molar-refractivity contribution is 5.77. The maximum atomic E-state index is 10.2. The Bertz CT molecular complexity index is 155. The van der Waals surface area contributed by atoms with E-state index in [1.54, 1.807) is 0 Å². The number of rotatable bonds is 4. The number of nitrogens with one attached hydrogen (secondary N) is 1. The van der Waals surface area contributed by atoms with Gasteiger partial charge in [0.05, 0.1) is 0 Å². The van der Waals surface area contributed by atoms with Crippen LogP contribution in [-0.4, -0.2) is 18.4 Å². The summed E-state index contributed by atoms with van der Waals surface area (Å²) in [6, 6.07) is 0. The molecule has 0 rings (SSSR count). The third kappa shape index (κ3) is 6.59. The zero-order valence-corrected chi connectivity index (χ0v) is 6.21. The van der Waals surface area contributed by atoms with E-state index in [1.807, 2.05) is 0 Å². The standard InChI is InChI=1S/C5H13N5O/c6-4(11)2-1-3-9-5(7)10-8/h1-3,8H2,(H2,6,11)(H3,7,9,10). The van der Waals surface area contributed by atoms with Crippen LogP contribution in [0.1, 0.15) is 12.8 Å². The van der Waals surface area contributed by atoms with Gasteiger partial charge in [0.15, 0.2) is 0 Å². The van der Waals surface area contributed by atoms with Crippen molar-refractivity contribution in [2.45, 2.75) is 12.8 Å². The van der Waals surface area contributed by atoms with E-state index in [2.05, 4.69) is 10.4 Å². The molecule has 0 bridgehead atoms. The molecule has 1 amide bonds. The Morgan fingerprint density at radius 1 is 1.45 bits per heavy atom. The predicted octanol–water partition coefficient (Wildman–Crippen LogP) is -1.97. The number of hydrazine groups is 1. The zero-order valence-electron chi connectivity index (χ0n) is 6.21. The number of hydrogen-bond acceptors (Lipinski definition) is 3. The molecule has 6 nitrogen and oxygen atoms in total. The van der Waals surface area contributed by atoms with Crippen molar-refractivity contribution in [2.75, 3.05) is 6.54 Å². The third-order valence-corrected chi connectivity index (χ3v) is 1.01. The van der Waals surface area contributed by atoms with Crippen molar-refractivity contribution >= 4 is 11.9 Å². The molecule has 0 heterocycles. The van der Waals surface area contributed by atoms with Gasteiger partial charge in [0.1, 0.15) is 0 Å². The van der Waals surface area contributed by atoms with Gasteiger partial charge < -0.3 is 11.5 Å². The van der Waals surface area contributed by atoms with Gasteiger partial charge in [-0.1, -0.05) is 0 Å². The van der Waals surface area contributed by atoms with E-state index in [1.165, 1.54) is 0 Å². The van der Waals surface area contributed by atoms with Crippen LogP contribution >= 0.6 is 0 Å². The highest BCUT2D eigenvalue weighted by atomic mass is 16.1. The van der Waals surface area contributed by atoms with Crippen LogP contribution in [0.3, 0.4) is 0 Å². The second kappa shape index (κ2) is 5.48. The molecular weight excluding hydrogens is 146 g/mol. The normalized spacial score (nSPS) is 11.2. The van der Waals surface area contributed by atoms with Crippen molar-refractivity contribution in [3.8, 4) is 0 Å². The van der Waals surface area contributed by atoms with Crippen LogP contribution in [0.2, 0.25) is 0 Å². The summed E-state index contributed by atoms with van der Waals surface area (Å²) in [5.74, 6) is 4.74. The van der Waals surface area contributed by atoms with Crippen LogP contribution in [0.5, 0.6) is 0 Å². The predicted molar refractivity (Wildman–Crippen MR) is 42.2 cm³/mol. The van der Waals surface area contributed by atoms with Gasteiger partial charge in [-0.05, 0) is 6.42 Å². The summed E-state index contributed by atoms with van der Waals surface area (Å²) in [6.45, 7) is 0.457. The van der Waals surface area contributed by atoms with Crippen molar-refractivity contribution < 1.29 is 4.79 Å². The van der Waals surface area contributed by atoms with Crippen LogP contribution in [0.4, 0.5) is 0 Å². The minimum absolute atomic E-state index is 0.162. The molecule has 7 N–H and O–H groups in total. The number of amides is 1. The molecule has 6 heteroatoms. The van der Waals surface area contributed by atoms with E-state index in [9.17, 15) is 4.79 Å². The molecule has 0 spiro atoms. The molecular formula is C5H13N5O. The molecule has 0 unspecified atom stereocenters. The fourth-order valence-electron chi connectivity index (χ4n) is 0.498. The molecule has 0 saturated carbocycles. The summed E-state index contributed by atoms with van der Waals surface area (Å²) in [5, 5.41) is 0. The first-order chi connectivity index (χ1) is 5.16. The van der Waals surface area contributed by atoms with Crippen LogP contribution < -0.4 is 22.7 Å². The molecule has 11 heavy (non-hydrogen) atoms. The highest BCUT2D eigenvalue weighted by Gasteiger charge is 1.92. The first kappa shape index (κ1) is 9.70. The molecule has 0 fully saturated rings. The van der Waals surface area contributed by atoms with E-state index < -0.39 is 0 Å². The summed E-state index contributed by atoms with van der Waals surface area (Å²) in [7, 11) is 0. The second-order valence-electron chi connectivity index (χ2n) is 1.98.